The minimum Gasteiger partial charge on any atom is -0.481 e. The van der Waals surface area contributed by atoms with Gasteiger partial charge in [-0.05, 0) is 75.6 Å². The summed E-state index contributed by atoms with van der Waals surface area (Å²) >= 11 is 12.6. The van der Waals surface area contributed by atoms with E-state index in [1.807, 2.05) is 29.9 Å². The molecule has 1 aromatic carbocycles. The minimum absolute atomic E-state index is 0.130. The monoisotopic (exact) mass is 556 g/mol. The maximum atomic E-state index is 11.5. The molecule has 4 heterocycles. The molecule has 10 heteroatoms. The number of aromatic nitrogens is 4. The van der Waals surface area contributed by atoms with Gasteiger partial charge in [-0.15, -0.1) is 0 Å². The van der Waals surface area contributed by atoms with E-state index in [1.165, 1.54) is 6.42 Å². The highest BCUT2D eigenvalue weighted by molar-refractivity contribution is 6.35. The normalized spacial score (nSPS) is 28.7. The molecule has 202 valence electrons. The van der Waals surface area contributed by atoms with E-state index in [0.717, 1.165) is 67.1 Å². The van der Waals surface area contributed by atoms with Crippen molar-refractivity contribution in [1.82, 2.24) is 24.6 Å². The zero-order valence-corrected chi connectivity index (χ0v) is 23.5. The Morgan fingerprint density at radius 3 is 2.71 bits per heavy atom. The number of piperidine rings is 1. The number of aliphatic carboxylic acids is 1. The van der Waals surface area contributed by atoms with Crippen molar-refractivity contribution in [2.24, 2.45) is 17.8 Å². The second kappa shape index (κ2) is 9.96. The highest BCUT2D eigenvalue weighted by Crippen LogP contribution is 2.48. The average molecular weight is 558 g/mol. The summed E-state index contributed by atoms with van der Waals surface area (Å²) in [5, 5.41) is 15.4. The van der Waals surface area contributed by atoms with E-state index in [4.69, 9.17) is 38.3 Å². The van der Waals surface area contributed by atoms with Crippen LogP contribution in [-0.2, 0) is 4.79 Å². The first-order valence-corrected chi connectivity index (χ1v) is 14.4. The van der Waals surface area contributed by atoms with Crippen molar-refractivity contribution in [2.75, 3.05) is 24.5 Å². The molecule has 3 aliphatic rings. The predicted molar refractivity (Wildman–Crippen MR) is 149 cm³/mol. The number of halogens is 2. The Bertz CT molecular complexity index is 1380. The number of aryl methyl sites for hydroxylation is 1. The van der Waals surface area contributed by atoms with Gasteiger partial charge in [0.2, 0.25) is 0 Å². The van der Waals surface area contributed by atoms with Crippen molar-refractivity contribution in [3.8, 4) is 0 Å². The third-order valence-electron chi connectivity index (χ3n) is 8.94. The predicted octanol–water partition coefficient (Wildman–Crippen LogP) is 5.45. The standard InChI is InChI=1S/C28H34Cl2N6O2/c1-15-14-34(10-8-23(15)35-9-4-5-24(35)20-12-21(20)28(37)38)25-13-31-26-16(2)33-36(27(26)32-25)17(3)19-7-6-18(29)11-22(19)30/h6-7,11,13,15,17,20-21,23-24H,4-5,8-10,12,14H2,1-3H3,(H,37,38)/t15?,17-,20?,21?,23?,24?/m1/s1. The van der Waals surface area contributed by atoms with Crippen LogP contribution in [0.3, 0.4) is 0 Å². The molecule has 3 aromatic rings. The summed E-state index contributed by atoms with van der Waals surface area (Å²) in [4.78, 5) is 26.3. The number of carboxylic acids is 1. The summed E-state index contributed by atoms with van der Waals surface area (Å²) in [5.41, 5.74) is 3.32. The first-order valence-electron chi connectivity index (χ1n) is 13.6. The summed E-state index contributed by atoms with van der Waals surface area (Å²) in [5.74, 6) is 0.872. The van der Waals surface area contributed by atoms with E-state index < -0.39 is 5.97 Å². The second-order valence-electron chi connectivity index (χ2n) is 11.3. The molecule has 1 N–H and O–H groups in total. The fourth-order valence-electron chi connectivity index (χ4n) is 6.88. The van der Waals surface area contributed by atoms with E-state index in [9.17, 15) is 9.90 Å². The molecule has 2 saturated heterocycles. The molecule has 8 nitrogen and oxygen atoms in total. The molecule has 38 heavy (non-hydrogen) atoms. The van der Waals surface area contributed by atoms with Gasteiger partial charge < -0.3 is 10.0 Å². The number of hydrogen-bond donors (Lipinski definition) is 1. The zero-order chi connectivity index (χ0) is 26.7. The summed E-state index contributed by atoms with van der Waals surface area (Å²) < 4.78 is 1.91. The van der Waals surface area contributed by atoms with Gasteiger partial charge in [0, 0.05) is 35.2 Å². The molecular formula is C28H34Cl2N6O2. The molecular weight excluding hydrogens is 523 g/mol. The Labute approximate surface area is 232 Å². The molecule has 5 unspecified atom stereocenters. The van der Waals surface area contributed by atoms with Gasteiger partial charge in [0.1, 0.15) is 11.3 Å². The Kier molecular flexibility index (Phi) is 6.77. The van der Waals surface area contributed by atoms with Crippen LogP contribution in [-0.4, -0.2) is 67.4 Å². The number of nitrogens with zero attached hydrogens (tertiary/aromatic N) is 6. The van der Waals surface area contributed by atoms with E-state index in [0.29, 0.717) is 34.0 Å². The lowest BCUT2D eigenvalue weighted by Crippen LogP contribution is -2.52. The second-order valence-corrected chi connectivity index (χ2v) is 12.2. The summed E-state index contributed by atoms with van der Waals surface area (Å²) in [6.45, 7) is 9.21. The number of likely N-dealkylation sites (tertiary alicyclic amines) is 1. The van der Waals surface area contributed by atoms with Crippen LogP contribution < -0.4 is 4.90 Å². The molecule has 2 aliphatic heterocycles. The molecule has 6 atom stereocenters. The van der Waals surface area contributed by atoms with Crippen molar-refractivity contribution in [1.29, 1.82) is 0 Å². The maximum Gasteiger partial charge on any atom is 0.306 e. The minimum atomic E-state index is -0.624. The highest BCUT2D eigenvalue weighted by atomic mass is 35.5. The van der Waals surface area contributed by atoms with Gasteiger partial charge in [0.05, 0.1) is 23.9 Å². The molecule has 0 spiro atoms. The van der Waals surface area contributed by atoms with Crippen molar-refractivity contribution >= 4 is 46.2 Å². The topological polar surface area (TPSA) is 87.4 Å². The first kappa shape index (κ1) is 25.8. The van der Waals surface area contributed by atoms with Gasteiger partial charge in [0.15, 0.2) is 5.65 Å². The largest absolute Gasteiger partial charge is 0.481 e. The highest BCUT2D eigenvalue weighted by Gasteiger charge is 2.52. The lowest BCUT2D eigenvalue weighted by atomic mass is 9.91. The van der Waals surface area contributed by atoms with Gasteiger partial charge in [-0.25, -0.2) is 14.6 Å². The van der Waals surface area contributed by atoms with Crippen molar-refractivity contribution in [3.63, 3.8) is 0 Å². The van der Waals surface area contributed by atoms with E-state index >= 15 is 0 Å². The molecule has 1 aliphatic carbocycles. The van der Waals surface area contributed by atoms with Crippen LogP contribution in [0.25, 0.3) is 11.2 Å². The van der Waals surface area contributed by atoms with Crippen LogP contribution in [0.5, 0.6) is 0 Å². The molecule has 3 fully saturated rings. The Morgan fingerprint density at radius 1 is 1.18 bits per heavy atom. The number of hydrogen-bond acceptors (Lipinski definition) is 6. The lowest BCUT2D eigenvalue weighted by Gasteiger charge is -2.44. The number of benzene rings is 1. The van der Waals surface area contributed by atoms with Gasteiger partial charge in [0.25, 0.3) is 0 Å². The third kappa shape index (κ3) is 4.54. The lowest BCUT2D eigenvalue weighted by molar-refractivity contribution is -0.139. The fraction of sp³-hybridized carbons (Fsp3) is 0.571. The summed E-state index contributed by atoms with van der Waals surface area (Å²) in [6.07, 6.45) is 6.04. The number of rotatable bonds is 6. The quantitative estimate of drug-likeness (QED) is 0.431. The van der Waals surface area contributed by atoms with Crippen LogP contribution >= 0.6 is 23.2 Å². The molecule has 6 rings (SSSR count). The molecule has 0 bridgehead atoms. The van der Waals surface area contributed by atoms with Crippen molar-refractivity contribution < 1.29 is 9.90 Å². The summed E-state index contributed by atoms with van der Waals surface area (Å²) in [7, 11) is 0. The smallest absolute Gasteiger partial charge is 0.306 e. The van der Waals surface area contributed by atoms with Crippen LogP contribution in [0, 0.1) is 24.7 Å². The third-order valence-corrected chi connectivity index (χ3v) is 9.50. The first-order chi connectivity index (χ1) is 18.2. The van der Waals surface area contributed by atoms with E-state index in [-0.39, 0.29) is 12.0 Å². The maximum absolute atomic E-state index is 11.5. The molecule has 0 amide bonds. The van der Waals surface area contributed by atoms with E-state index in [2.05, 4.69) is 23.6 Å². The van der Waals surface area contributed by atoms with Crippen LogP contribution in [0.1, 0.15) is 56.8 Å². The van der Waals surface area contributed by atoms with Crippen molar-refractivity contribution in [3.05, 3.63) is 45.7 Å². The van der Waals surface area contributed by atoms with Gasteiger partial charge >= 0.3 is 5.97 Å². The SMILES string of the molecule is Cc1nn([C@H](C)c2ccc(Cl)cc2Cl)c2nc(N3CCC(N4CCCC4C4CC4C(=O)O)C(C)C3)cnc12. The number of anilines is 1. The van der Waals surface area contributed by atoms with E-state index in [1.54, 1.807) is 6.07 Å². The molecule has 0 radical (unpaired) electrons. The number of fused-ring (bicyclic) bond motifs is 1. The number of carboxylic acid groups (broad SMARTS) is 1. The Morgan fingerprint density at radius 2 is 2.00 bits per heavy atom. The Balaban J connectivity index is 1.22. The van der Waals surface area contributed by atoms with Crippen LogP contribution in [0.4, 0.5) is 5.82 Å². The summed E-state index contributed by atoms with van der Waals surface area (Å²) in [6, 6.07) is 6.31. The number of carbonyl (C=O) groups is 1. The van der Waals surface area contributed by atoms with Gasteiger partial charge in [-0.2, -0.15) is 5.10 Å². The van der Waals surface area contributed by atoms with Crippen molar-refractivity contribution in [2.45, 2.75) is 64.6 Å². The molecule has 2 aromatic heterocycles. The average Bonchev–Trinajstić information content (AvgIpc) is 3.43. The van der Waals surface area contributed by atoms with Gasteiger partial charge in [-0.1, -0.05) is 36.2 Å². The van der Waals surface area contributed by atoms with Crippen LogP contribution in [0.15, 0.2) is 24.4 Å². The van der Waals surface area contributed by atoms with Crippen LogP contribution in [0.2, 0.25) is 10.0 Å². The zero-order valence-electron chi connectivity index (χ0n) is 22.0. The van der Waals surface area contributed by atoms with Gasteiger partial charge in [-0.3, -0.25) is 9.69 Å². The molecule has 1 saturated carbocycles. The fourth-order valence-corrected chi connectivity index (χ4v) is 7.45. The Hall–Kier alpha value is -2.42.